The summed E-state index contributed by atoms with van der Waals surface area (Å²) in [6.45, 7) is 8.73. The van der Waals surface area contributed by atoms with Gasteiger partial charge in [-0.1, -0.05) is 81.1 Å². The molecule has 0 heterocycles. The maximum Gasteiger partial charge on any atom is 0.167 e. The van der Waals surface area contributed by atoms with E-state index in [0.29, 0.717) is 17.7 Å². The fraction of sp³-hybridized carbons (Fsp3) is 0.276. The molecule has 0 radical (unpaired) electrons. The zero-order valence-corrected chi connectivity index (χ0v) is 18.9. The van der Waals surface area contributed by atoms with E-state index in [4.69, 9.17) is 4.74 Å². The standard InChI is InChI=1S/C29H32O2/c1-5-22-15-17-24(18-16-22)25(19-21(3)26-12-8-7-11-23(26)6-2)20-28(30)27-13-9-10-14-29(27)31-4/h7-18,25H,3,5-6,19-20H2,1-2,4H3. The normalized spacial score (nSPS) is 11.7. The van der Waals surface area contributed by atoms with Gasteiger partial charge >= 0.3 is 0 Å². The van der Waals surface area contributed by atoms with Crippen LogP contribution in [0.3, 0.4) is 0 Å². The van der Waals surface area contributed by atoms with Crippen LogP contribution >= 0.6 is 0 Å². The highest BCUT2D eigenvalue weighted by molar-refractivity contribution is 5.99. The zero-order valence-electron chi connectivity index (χ0n) is 18.9. The lowest BCUT2D eigenvalue weighted by atomic mass is 9.83. The summed E-state index contributed by atoms with van der Waals surface area (Å²) < 4.78 is 5.43. The minimum Gasteiger partial charge on any atom is -0.496 e. The summed E-state index contributed by atoms with van der Waals surface area (Å²) >= 11 is 0. The van der Waals surface area contributed by atoms with Crippen LogP contribution in [0.25, 0.3) is 5.57 Å². The molecule has 0 N–H and O–H groups in total. The van der Waals surface area contributed by atoms with Gasteiger partial charge in [0.05, 0.1) is 12.7 Å². The molecule has 3 aromatic rings. The number of allylic oxidation sites excluding steroid dienone is 1. The average Bonchev–Trinajstić information content (AvgIpc) is 2.83. The van der Waals surface area contributed by atoms with Crippen molar-refractivity contribution in [1.29, 1.82) is 0 Å². The van der Waals surface area contributed by atoms with E-state index >= 15 is 0 Å². The number of carbonyl (C=O) groups is 1. The van der Waals surface area contributed by atoms with Crippen molar-refractivity contribution in [3.8, 4) is 5.75 Å². The van der Waals surface area contributed by atoms with Crippen LogP contribution in [0, 0.1) is 0 Å². The van der Waals surface area contributed by atoms with Crippen molar-refractivity contribution in [2.75, 3.05) is 7.11 Å². The van der Waals surface area contributed by atoms with E-state index in [1.54, 1.807) is 7.11 Å². The Bertz CT molecular complexity index is 969. The molecule has 160 valence electrons. The molecule has 0 spiro atoms. The molecule has 0 saturated heterocycles. The number of benzene rings is 3. The molecule has 0 fully saturated rings. The highest BCUT2D eigenvalue weighted by Gasteiger charge is 2.21. The number of hydrogen-bond donors (Lipinski definition) is 0. The summed E-state index contributed by atoms with van der Waals surface area (Å²) in [7, 11) is 1.61. The fourth-order valence-electron chi connectivity index (χ4n) is 4.12. The smallest absolute Gasteiger partial charge is 0.167 e. The number of carbonyl (C=O) groups excluding carboxylic acids is 1. The van der Waals surface area contributed by atoms with Gasteiger partial charge in [0.2, 0.25) is 0 Å². The molecule has 1 atom stereocenters. The predicted octanol–water partition coefficient (Wildman–Crippen LogP) is 7.28. The van der Waals surface area contributed by atoms with Gasteiger partial charge in [-0.2, -0.15) is 0 Å². The second-order valence-electron chi connectivity index (χ2n) is 7.94. The summed E-state index contributed by atoms with van der Waals surface area (Å²) in [4.78, 5) is 13.3. The lowest BCUT2D eigenvalue weighted by molar-refractivity contribution is 0.0971. The third-order valence-corrected chi connectivity index (χ3v) is 5.97. The second-order valence-corrected chi connectivity index (χ2v) is 7.94. The Labute approximate surface area is 186 Å². The SMILES string of the molecule is C=C(CC(CC(=O)c1ccccc1OC)c1ccc(CC)cc1)c1ccccc1CC. The molecule has 0 bridgehead atoms. The van der Waals surface area contributed by atoms with Crippen LogP contribution in [0.15, 0.2) is 79.4 Å². The van der Waals surface area contributed by atoms with Crippen LogP contribution < -0.4 is 4.74 Å². The number of methoxy groups -OCH3 is 1. The van der Waals surface area contributed by atoms with E-state index in [1.807, 2.05) is 24.3 Å². The van der Waals surface area contributed by atoms with Gasteiger partial charge in [-0.3, -0.25) is 4.79 Å². The topological polar surface area (TPSA) is 26.3 Å². The first-order valence-corrected chi connectivity index (χ1v) is 11.1. The van der Waals surface area contributed by atoms with Gasteiger partial charge in [0, 0.05) is 6.42 Å². The van der Waals surface area contributed by atoms with Crippen molar-refractivity contribution in [3.63, 3.8) is 0 Å². The lowest BCUT2D eigenvalue weighted by Crippen LogP contribution is -2.10. The summed E-state index contributed by atoms with van der Waals surface area (Å²) in [5.41, 5.74) is 6.69. The molecule has 3 aromatic carbocycles. The predicted molar refractivity (Wildman–Crippen MR) is 130 cm³/mol. The van der Waals surface area contributed by atoms with Gasteiger partial charge in [0.25, 0.3) is 0 Å². The van der Waals surface area contributed by atoms with Crippen LogP contribution in [-0.4, -0.2) is 12.9 Å². The second kappa shape index (κ2) is 10.8. The monoisotopic (exact) mass is 412 g/mol. The number of ketones is 1. The first-order valence-electron chi connectivity index (χ1n) is 11.1. The summed E-state index contributed by atoms with van der Waals surface area (Å²) in [6, 6.07) is 24.6. The van der Waals surface area contributed by atoms with Gasteiger partial charge in [0.1, 0.15) is 5.75 Å². The number of ether oxygens (including phenoxy) is 1. The Balaban J connectivity index is 1.90. The molecule has 0 aliphatic rings. The Morgan fingerprint density at radius 1 is 0.839 bits per heavy atom. The molecule has 2 heteroatoms. The van der Waals surface area contributed by atoms with E-state index in [9.17, 15) is 4.79 Å². The molecule has 0 aliphatic heterocycles. The molecule has 2 nitrogen and oxygen atoms in total. The highest BCUT2D eigenvalue weighted by atomic mass is 16.5. The third-order valence-electron chi connectivity index (χ3n) is 5.97. The highest BCUT2D eigenvalue weighted by Crippen LogP contribution is 2.34. The van der Waals surface area contributed by atoms with E-state index in [1.165, 1.54) is 22.3 Å². The van der Waals surface area contributed by atoms with Crippen molar-refractivity contribution in [2.45, 2.75) is 45.4 Å². The molecule has 3 rings (SSSR count). The molecule has 0 aromatic heterocycles. The Morgan fingerprint density at radius 2 is 1.48 bits per heavy atom. The van der Waals surface area contributed by atoms with Crippen molar-refractivity contribution in [1.82, 2.24) is 0 Å². The van der Waals surface area contributed by atoms with E-state index in [0.717, 1.165) is 24.8 Å². The number of Topliss-reactive ketones (excluding diaryl/α,β-unsaturated/α-hetero) is 1. The first-order chi connectivity index (χ1) is 15.1. The van der Waals surface area contributed by atoms with Crippen LogP contribution in [0.5, 0.6) is 5.75 Å². The van der Waals surface area contributed by atoms with Gasteiger partial charge in [-0.25, -0.2) is 0 Å². The van der Waals surface area contributed by atoms with Crippen LogP contribution in [0.4, 0.5) is 0 Å². The average molecular weight is 413 g/mol. The fourth-order valence-corrected chi connectivity index (χ4v) is 4.12. The molecule has 0 amide bonds. The summed E-state index contributed by atoms with van der Waals surface area (Å²) in [6.07, 6.45) is 3.12. The maximum absolute atomic E-state index is 13.3. The van der Waals surface area contributed by atoms with Gasteiger partial charge in [0.15, 0.2) is 5.78 Å². The van der Waals surface area contributed by atoms with E-state index < -0.39 is 0 Å². The molecule has 0 aliphatic carbocycles. The van der Waals surface area contributed by atoms with Gasteiger partial charge in [-0.15, -0.1) is 0 Å². The minimum absolute atomic E-state index is 0.0562. The largest absolute Gasteiger partial charge is 0.496 e. The van der Waals surface area contributed by atoms with Crippen LogP contribution in [0.1, 0.15) is 65.2 Å². The third kappa shape index (κ3) is 5.52. The minimum atomic E-state index is 0.0562. The number of rotatable bonds is 10. The molecular weight excluding hydrogens is 380 g/mol. The van der Waals surface area contributed by atoms with Gasteiger partial charge in [-0.05, 0) is 65.1 Å². The molecular formula is C29H32O2. The Kier molecular flexibility index (Phi) is 7.83. The van der Waals surface area contributed by atoms with Crippen molar-refractivity contribution >= 4 is 11.4 Å². The number of hydrogen-bond acceptors (Lipinski definition) is 2. The van der Waals surface area contributed by atoms with Gasteiger partial charge < -0.3 is 4.74 Å². The van der Waals surface area contributed by atoms with Crippen LogP contribution in [-0.2, 0) is 12.8 Å². The maximum atomic E-state index is 13.3. The molecule has 1 unspecified atom stereocenters. The Morgan fingerprint density at radius 3 is 2.13 bits per heavy atom. The van der Waals surface area contributed by atoms with Crippen molar-refractivity contribution < 1.29 is 9.53 Å². The van der Waals surface area contributed by atoms with Crippen molar-refractivity contribution in [2.24, 2.45) is 0 Å². The first kappa shape index (κ1) is 22.6. The molecule has 0 saturated carbocycles. The molecule has 31 heavy (non-hydrogen) atoms. The van der Waals surface area contributed by atoms with E-state index in [2.05, 4.69) is 69.0 Å². The summed E-state index contributed by atoms with van der Waals surface area (Å²) in [5.74, 6) is 0.780. The number of para-hydroxylation sites is 1. The van der Waals surface area contributed by atoms with Crippen molar-refractivity contribution in [3.05, 3.63) is 107 Å². The van der Waals surface area contributed by atoms with E-state index in [-0.39, 0.29) is 11.7 Å². The Hall–Kier alpha value is -3.13. The zero-order chi connectivity index (χ0) is 22.2. The quantitative estimate of drug-likeness (QED) is 0.327. The lowest BCUT2D eigenvalue weighted by Gasteiger charge is -2.21. The number of aryl methyl sites for hydroxylation is 2. The summed E-state index contributed by atoms with van der Waals surface area (Å²) in [5, 5.41) is 0. The van der Waals surface area contributed by atoms with Crippen LogP contribution in [0.2, 0.25) is 0 Å².